The van der Waals surface area contributed by atoms with Crippen molar-refractivity contribution in [2.75, 3.05) is 26.4 Å². The number of ether oxygens (including phenoxy) is 4. The Kier molecular flexibility index (Phi) is 25.9. The predicted molar refractivity (Wildman–Crippen MR) is 330 cm³/mol. The molecule has 0 bridgehead atoms. The normalized spacial score (nSPS) is 11.9. The molecule has 436 valence electrons. The van der Waals surface area contributed by atoms with Crippen molar-refractivity contribution in [1.29, 1.82) is 0 Å². The zero-order valence-electron chi connectivity index (χ0n) is 48.5. The number of carbonyl (C=O) groups is 4. The van der Waals surface area contributed by atoms with Gasteiger partial charge in [0.05, 0.1) is 26.4 Å². The summed E-state index contributed by atoms with van der Waals surface area (Å²) < 4.78 is 28.1. The van der Waals surface area contributed by atoms with Crippen molar-refractivity contribution in [1.82, 2.24) is 0 Å². The summed E-state index contributed by atoms with van der Waals surface area (Å²) in [6.07, 6.45) is 36.2. The molecule has 0 fully saturated rings. The van der Waals surface area contributed by atoms with Crippen LogP contribution >= 0.6 is 0 Å². The highest BCUT2D eigenvalue weighted by Crippen LogP contribution is 2.57. The summed E-state index contributed by atoms with van der Waals surface area (Å²) in [6, 6.07) is 18.1. The topological polar surface area (TPSA) is 209 Å². The first-order valence-corrected chi connectivity index (χ1v) is 31.5. The lowest BCUT2D eigenvalue weighted by Crippen LogP contribution is -2.09. The fraction of sp³-hybridized carbons (Fsp3) is 0.588. The lowest BCUT2D eigenvalue weighted by Gasteiger charge is -2.26. The minimum Gasteiger partial charge on any atom is -0.489 e. The van der Waals surface area contributed by atoms with Gasteiger partial charge in [-0.3, -0.25) is 19.2 Å². The standard InChI is InChI=1S/C68H96N4O8/c69-55(73)33-25-17-9-1-5-13-21-29-45-77-65-51-41-37-49-39-43-53-63-59(49)61(51)62-52(66(65)78-46-30-22-14-6-2-10-18-26-34-56(70)74)42-38-50-40-44-54(64(63)60(50)62)68(80-48-32-24-16-8-4-12-20-28-36-58(72)76)67(53)79-47-31-23-15-7-3-11-19-27-35-57(71)75/h37-44H,1-36,45-48H2,(H2,69,73)(H2,70,74)(H2,71,75)(H2,72,76). The number of amides is 4. The van der Waals surface area contributed by atoms with E-state index in [0.29, 0.717) is 52.1 Å². The van der Waals surface area contributed by atoms with Crippen LogP contribution in [0.15, 0.2) is 48.5 Å². The Morgan fingerprint density at radius 1 is 0.237 bits per heavy atom. The van der Waals surface area contributed by atoms with Gasteiger partial charge in [0.2, 0.25) is 23.6 Å². The van der Waals surface area contributed by atoms with E-state index >= 15 is 0 Å². The molecule has 0 aliphatic carbocycles. The Balaban J connectivity index is 1.16. The molecular formula is C68H96N4O8. The fourth-order valence-electron chi connectivity index (χ4n) is 12.2. The van der Waals surface area contributed by atoms with E-state index < -0.39 is 0 Å². The molecule has 12 nitrogen and oxygen atoms in total. The minimum atomic E-state index is -0.211. The van der Waals surface area contributed by atoms with Crippen LogP contribution in [-0.4, -0.2) is 50.1 Å². The molecule has 0 saturated heterocycles. The third kappa shape index (κ3) is 18.0. The van der Waals surface area contributed by atoms with Gasteiger partial charge < -0.3 is 41.9 Å². The Bertz CT molecular complexity index is 2580. The third-order valence-electron chi connectivity index (χ3n) is 16.5. The summed E-state index contributed by atoms with van der Waals surface area (Å²) in [7, 11) is 0. The summed E-state index contributed by atoms with van der Waals surface area (Å²) in [5.74, 6) is 2.48. The van der Waals surface area contributed by atoms with Crippen molar-refractivity contribution < 1.29 is 38.1 Å². The van der Waals surface area contributed by atoms with E-state index in [9.17, 15) is 19.2 Å². The highest BCUT2D eigenvalue weighted by molar-refractivity contribution is 6.46. The van der Waals surface area contributed by atoms with Crippen LogP contribution in [0.25, 0.3) is 64.6 Å². The van der Waals surface area contributed by atoms with Crippen LogP contribution in [0.4, 0.5) is 0 Å². The average molecular weight is 1100 g/mol. The fourth-order valence-corrected chi connectivity index (χ4v) is 12.2. The van der Waals surface area contributed by atoms with Gasteiger partial charge in [0.25, 0.3) is 0 Å². The monoisotopic (exact) mass is 1100 g/mol. The van der Waals surface area contributed by atoms with Gasteiger partial charge in [0.1, 0.15) is 0 Å². The second-order valence-corrected chi connectivity index (χ2v) is 23.0. The highest BCUT2D eigenvalue weighted by atomic mass is 16.5. The van der Waals surface area contributed by atoms with E-state index in [1.165, 1.54) is 94.5 Å². The molecule has 0 saturated carbocycles. The molecule has 7 aromatic rings. The molecule has 0 radical (unpaired) electrons. The van der Waals surface area contributed by atoms with E-state index in [-0.39, 0.29) is 23.6 Å². The third-order valence-corrected chi connectivity index (χ3v) is 16.5. The van der Waals surface area contributed by atoms with E-state index in [2.05, 4.69) is 48.5 Å². The van der Waals surface area contributed by atoms with Crippen molar-refractivity contribution in [2.45, 2.75) is 231 Å². The van der Waals surface area contributed by atoms with Crippen molar-refractivity contribution in [2.24, 2.45) is 22.9 Å². The van der Waals surface area contributed by atoms with Gasteiger partial charge in [0, 0.05) is 68.8 Å². The number of rotatable bonds is 48. The van der Waals surface area contributed by atoms with Crippen molar-refractivity contribution in [3.05, 3.63) is 48.5 Å². The maximum atomic E-state index is 11.2. The van der Waals surface area contributed by atoms with Gasteiger partial charge >= 0.3 is 0 Å². The van der Waals surface area contributed by atoms with Gasteiger partial charge in [-0.05, 0) is 97.2 Å². The van der Waals surface area contributed by atoms with E-state index in [1.807, 2.05) is 0 Å². The largest absolute Gasteiger partial charge is 0.489 e. The van der Waals surface area contributed by atoms with E-state index in [4.69, 9.17) is 41.9 Å². The summed E-state index contributed by atoms with van der Waals surface area (Å²) >= 11 is 0. The highest BCUT2D eigenvalue weighted by Gasteiger charge is 2.29. The molecule has 4 amide bonds. The van der Waals surface area contributed by atoms with Gasteiger partial charge in [0.15, 0.2) is 23.0 Å². The summed E-state index contributed by atoms with van der Waals surface area (Å²) in [5.41, 5.74) is 21.4. The minimum absolute atomic E-state index is 0.211. The first-order valence-electron chi connectivity index (χ1n) is 31.5. The van der Waals surface area contributed by atoms with Crippen LogP contribution in [0.3, 0.4) is 0 Å². The van der Waals surface area contributed by atoms with Crippen LogP contribution in [0, 0.1) is 0 Å². The number of hydrogen-bond donors (Lipinski definition) is 4. The van der Waals surface area contributed by atoms with Crippen LogP contribution < -0.4 is 41.9 Å². The predicted octanol–water partition coefficient (Wildman–Crippen LogP) is 16.4. The number of primary amides is 4. The van der Waals surface area contributed by atoms with Gasteiger partial charge in [-0.25, -0.2) is 0 Å². The molecule has 12 heteroatoms. The van der Waals surface area contributed by atoms with Crippen molar-refractivity contribution in [3.63, 3.8) is 0 Å². The van der Waals surface area contributed by atoms with Crippen molar-refractivity contribution >= 4 is 88.3 Å². The van der Waals surface area contributed by atoms with Gasteiger partial charge in [-0.1, -0.05) is 178 Å². The van der Waals surface area contributed by atoms with Gasteiger partial charge in [-0.2, -0.15) is 0 Å². The molecule has 0 unspecified atom stereocenters. The molecule has 8 N–H and O–H groups in total. The zero-order chi connectivity index (χ0) is 56.3. The SMILES string of the molecule is NC(=O)CCCCCCCCCCOc1c(OCCCCCCCCCCC(N)=O)c2ccc3ccc4c(OCCCCCCCCCCC(N)=O)c(OCCCCCCCCCCC(N)=O)c5ccc6ccc1c1c6c5c4c3c21. The first kappa shape index (κ1) is 61.6. The zero-order valence-corrected chi connectivity index (χ0v) is 48.5. The lowest BCUT2D eigenvalue weighted by molar-refractivity contribution is -0.119. The van der Waals surface area contributed by atoms with Crippen LogP contribution in [0.2, 0.25) is 0 Å². The molecular weight excluding hydrogens is 1000 g/mol. The number of carbonyl (C=O) groups excluding carboxylic acids is 4. The molecule has 0 aromatic heterocycles. The van der Waals surface area contributed by atoms with Crippen LogP contribution in [0.1, 0.15) is 231 Å². The number of unbranched alkanes of at least 4 members (excludes halogenated alkanes) is 28. The Labute approximate surface area is 476 Å². The van der Waals surface area contributed by atoms with Gasteiger partial charge in [-0.15, -0.1) is 0 Å². The number of benzene rings is 7. The first-order chi connectivity index (χ1) is 39.2. The quantitative estimate of drug-likeness (QED) is 0.0163. The van der Waals surface area contributed by atoms with Crippen molar-refractivity contribution in [3.8, 4) is 23.0 Å². The molecule has 80 heavy (non-hydrogen) atoms. The second kappa shape index (κ2) is 33.6. The smallest absolute Gasteiger partial charge is 0.217 e. The molecule has 0 aliphatic rings. The maximum Gasteiger partial charge on any atom is 0.217 e. The lowest BCUT2D eigenvalue weighted by atomic mass is 9.82. The van der Waals surface area contributed by atoms with Crippen LogP contribution in [-0.2, 0) is 19.2 Å². The molecule has 0 atom stereocenters. The summed E-state index contributed by atoms with van der Waals surface area (Å²) in [5, 5.41) is 14.0. The summed E-state index contributed by atoms with van der Waals surface area (Å²) in [6.45, 7) is 2.39. The summed E-state index contributed by atoms with van der Waals surface area (Å²) in [4.78, 5) is 44.7. The Morgan fingerprint density at radius 3 is 0.600 bits per heavy atom. The number of hydrogen-bond acceptors (Lipinski definition) is 8. The Hall–Kier alpha value is -6.04. The average Bonchev–Trinajstić information content (AvgIpc) is 3.46. The second-order valence-electron chi connectivity index (χ2n) is 23.0. The molecule has 0 aliphatic heterocycles. The molecule has 7 aromatic carbocycles. The molecule has 7 rings (SSSR count). The molecule has 0 heterocycles. The van der Waals surface area contributed by atoms with E-state index in [1.54, 1.807) is 0 Å². The Morgan fingerprint density at radius 2 is 0.412 bits per heavy atom. The number of nitrogens with two attached hydrogens (primary N) is 4. The molecule has 0 spiro atoms. The maximum absolute atomic E-state index is 11.2. The van der Waals surface area contributed by atoms with Crippen LogP contribution in [0.5, 0.6) is 23.0 Å². The van der Waals surface area contributed by atoms with E-state index in [0.717, 1.165) is 199 Å².